The Morgan fingerprint density at radius 3 is 2.30 bits per heavy atom. The maximum atomic E-state index is 13.7. The minimum Gasteiger partial charge on any atom is -0.493 e. The van der Waals surface area contributed by atoms with Crippen molar-refractivity contribution in [3.63, 3.8) is 0 Å². The first-order valence-corrected chi connectivity index (χ1v) is 13.8. The predicted octanol–water partition coefficient (Wildman–Crippen LogP) is 6.17. The minimum absolute atomic E-state index is 0. The van der Waals surface area contributed by atoms with Gasteiger partial charge in [-0.3, -0.25) is 10.2 Å². The number of aromatic nitrogens is 3. The molecule has 0 amide bonds. The van der Waals surface area contributed by atoms with Crippen LogP contribution in [-0.4, -0.2) is 39.2 Å². The van der Waals surface area contributed by atoms with Gasteiger partial charge in [0.2, 0.25) is 10.0 Å². The molecular weight excluding hydrogens is 580 g/mol. The van der Waals surface area contributed by atoms with E-state index in [1.165, 1.54) is 0 Å². The van der Waals surface area contributed by atoms with Crippen LogP contribution >= 0.6 is 0 Å². The summed E-state index contributed by atoms with van der Waals surface area (Å²) in [5, 5.41) is 26.1. The van der Waals surface area contributed by atoms with Gasteiger partial charge in [-0.2, -0.15) is 5.26 Å². The normalized spacial score (nSPS) is 12.1. The molecule has 0 bridgehead atoms. The molecule has 0 fully saturated rings. The average Bonchev–Trinajstić information content (AvgIpc) is 3.26. The summed E-state index contributed by atoms with van der Waals surface area (Å²) in [5.74, 6) is 0.533. The van der Waals surface area contributed by atoms with E-state index in [9.17, 15) is 13.7 Å². The van der Waals surface area contributed by atoms with E-state index in [4.69, 9.17) is 4.74 Å². The molecule has 13 heteroatoms. The standard InChI is InChI=1S/C27H34N8O3S.Cu/c1-10-38-20-13-11-17(26(2,3)4)15-21(20)39(36,37)34-25-19(12-14-22(29-25)35(8)9)30-32-24-18(16-28)23(31-33-24)27(5,6)7;/h11-15H,10H2,1-9H3;/q-2;+2. The Morgan fingerprint density at radius 2 is 1.75 bits per heavy atom. The van der Waals surface area contributed by atoms with Crippen molar-refractivity contribution >= 4 is 33.2 Å². The Balaban J connectivity index is 0.00000560. The molecule has 0 aliphatic heterocycles. The molecule has 2 aromatic heterocycles. The van der Waals surface area contributed by atoms with Crippen LogP contribution in [0.25, 0.3) is 4.72 Å². The largest absolute Gasteiger partial charge is 2.00 e. The second-order valence-corrected chi connectivity index (χ2v) is 12.7. The summed E-state index contributed by atoms with van der Waals surface area (Å²) in [7, 11) is -0.743. The van der Waals surface area contributed by atoms with E-state index in [2.05, 4.69) is 36.2 Å². The van der Waals surface area contributed by atoms with Crippen LogP contribution in [0.3, 0.4) is 0 Å². The zero-order valence-corrected chi connectivity index (χ0v) is 25.9. The molecule has 217 valence electrons. The van der Waals surface area contributed by atoms with Crippen LogP contribution in [0.5, 0.6) is 5.75 Å². The molecule has 0 spiro atoms. The first-order chi connectivity index (χ1) is 18.1. The number of rotatable bonds is 8. The Hall–Kier alpha value is -3.46. The third-order valence-corrected chi connectivity index (χ3v) is 6.96. The third kappa shape index (κ3) is 7.38. The summed E-state index contributed by atoms with van der Waals surface area (Å²) in [6, 6.07) is 10.4. The summed E-state index contributed by atoms with van der Waals surface area (Å²) in [4.78, 5) is 6.06. The van der Waals surface area contributed by atoms with Gasteiger partial charge in [-0.1, -0.05) is 47.6 Å². The Morgan fingerprint density at radius 1 is 1.07 bits per heavy atom. The molecule has 0 unspecified atom stereocenters. The monoisotopic (exact) mass is 613 g/mol. The van der Waals surface area contributed by atoms with Gasteiger partial charge in [0.05, 0.1) is 23.6 Å². The molecule has 40 heavy (non-hydrogen) atoms. The van der Waals surface area contributed by atoms with Crippen molar-refractivity contribution in [1.82, 2.24) is 15.2 Å². The molecule has 3 aromatic rings. The summed E-state index contributed by atoms with van der Waals surface area (Å²) in [5.41, 5.74) is 0.865. The Labute approximate surface area is 247 Å². The van der Waals surface area contributed by atoms with Crippen molar-refractivity contribution < 1.29 is 30.2 Å². The van der Waals surface area contributed by atoms with E-state index in [1.807, 2.05) is 47.6 Å². The number of sulfonamides is 1. The van der Waals surface area contributed by atoms with Gasteiger partial charge in [-0.05, 0) is 53.8 Å². The fraction of sp³-hybridized carbons (Fsp3) is 0.444. The first-order valence-electron chi connectivity index (χ1n) is 12.4. The number of benzene rings is 1. The molecule has 0 aliphatic carbocycles. The van der Waals surface area contributed by atoms with Gasteiger partial charge < -0.3 is 29.6 Å². The fourth-order valence-electron chi connectivity index (χ4n) is 3.54. The number of nitriles is 1. The van der Waals surface area contributed by atoms with Gasteiger partial charge in [0.1, 0.15) is 16.7 Å². The maximum Gasteiger partial charge on any atom is 2.00 e. The smallest absolute Gasteiger partial charge is 0.493 e. The van der Waals surface area contributed by atoms with Crippen molar-refractivity contribution in [1.29, 1.82) is 5.26 Å². The zero-order chi connectivity index (χ0) is 29.2. The second-order valence-electron chi connectivity index (χ2n) is 11.1. The first kappa shape index (κ1) is 32.7. The molecular formula is C27H34CuN8O3S. The van der Waals surface area contributed by atoms with Crippen molar-refractivity contribution in [2.24, 2.45) is 10.2 Å². The van der Waals surface area contributed by atoms with Gasteiger partial charge in [0.25, 0.3) is 0 Å². The maximum absolute atomic E-state index is 13.7. The average molecular weight is 614 g/mol. The van der Waals surface area contributed by atoms with E-state index < -0.39 is 15.4 Å². The molecule has 1 radical (unpaired) electrons. The van der Waals surface area contributed by atoms with Crippen LogP contribution in [0.1, 0.15) is 65.3 Å². The van der Waals surface area contributed by atoms with Gasteiger partial charge in [0, 0.05) is 25.3 Å². The van der Waals surface area contributed by atoms with Gasteiger partial charge in [0.15, 0.2) is 0 Å². The van der Waals surface area contributed by atoms with Crippen molar-refractivity contribution in [3.8, 4) is 11.8 Å². The van der Waals surface area contributed by atoms with E-state index >= 15 is 0 Å². The zero-order valence-electron chi connectivity index (χ0n) is 24.1. The number of ether oxygens (including phenoxy) is 1. The number of nitrogens with zero attached hydrogens (tertiary/aromatic N) is 8. The summed E-state index contributed by atoms with van der Waals surface area (Å²) in [6.07, 6.45) is 0. The Bertz CT molecular complexity index is 1530. The molecule has 3 rings (SSSR count). The molecule has 11 nitrogen and oxygen atoms in total. The quantitative estimate of drug-likeness (QED) is 0.216. The molecule has 0 atom stereocenters. The topological polar surface area (TPSA) is 149 Å². The van der Waals surface area contributed by atoms with E-state index in [0.717, 1.165) is 5.56 Å². The van der Waals surface area contributed by atoms with Gasteiger partial charge >= 0.3 is 17.1 Å². The molecule has 0 N–H and O–H groups in total. The van der Waals surface area contributed by atoms with Crippen LogP contribution in [0.15, 0.2) is 45.5 Å². The Kier molecular flexibility index (Phi) is 10.1. The third-order valence-electron chi connectivity index (χ3n) is 5.67. The molecule has 0 saturated heterocycles. The fourth-order valence-corrected chi connectivity index (χ4v) is 4.66. The van der Waals surface area contributed by atoms with Crippen LogP contribution in [0.4, 0.5) is 23.1 Å². The van der Waals surface area contributed by atoms with Crippen LogP contribution in [0, 0.1) is 11.3 Å². The van der Waals surface area contributed by atoms with Crippen LogP contribution in [0.2, 0.25) is 0 Å². The van der Waals surface area contributed by atoms with Crippen molar-refractivity contribution in [3.05, 3.63) is 51.9 Å². The molecule has 0 aliphatic rings. The summed E-state index contributed by atoms with van der Waals surface area (Å²) in [6.45, 7) is 13.8. The molecule has 0 saturated carbocycles. The van der Waals surface area contributed by atoms with E-state index in [0.29, 0.717) is 11.5 Å². The summed E-state index contributed by atoms with van der Waals surface area (Å²) >= 11 is 0. The number of anilines is 1. The van der Waals surface area contributed by atoms with Crippen molar-refractivity contribution in [2.75, 3.05) is 25.6 Å². The van der Waals surface area contributed by atoms with E-state index in [-0.39, 0.29) is 62.6 Å². The van der Waals surface area contributed by atoms with Gasteiger partial charge in [-0.15, -0.1) is 0 Å². The molecule has 1 aromatic carbocycles. The van der Waals surface area contributed by atoms with E-state index in [1.54, 1.807) is 50.2 Å². The number of hydrogen-bond donors (Lipinski definition) is 0. The predicted molar refractivity (Wildman–Crippen MR) is 150 cm³/mol. The minimum atomic E-state index is -4.29. The number of azo groups is 1. The number of hydrogen-bond acceptors (Lipinski definition) is 9. The second kappa shape index (κ2) is 12.4. The van der Waals surface area contributed by atoms with Crippen LogP contribution < -0.4 is 14.7 Å². The SMILES string of the molecule is CCOc1ccc(C(C)(C)C)cc1S(=O)(=O)[N-]c1nc(N(C)C)ccc1N=Nc1[n-]nc(C(C)(C)C)c1C#N.[Cu+2]. The number of pyridine rings is 1. The molecule has 2 heterocycles. The van der Waals surface area contributed by atoms with Crippen LogP contribution in [-0.2, 0) is 37.9 Å². The van der Waals surface area contributed by atoms with Gasteiger partial charge in [-0.25, -0.2) is 8.42 Å². The summed E-state index contributed by atoms with van der Waals surface area (Å²) < 4.78 is 37.0. The van der Waals surface area contributed by atoms with Crippen molar-refractivity contribution in [2.45, 2.75) is 64.2 Å².